The highest BCUT2D eigenvalue weighted by atomic mass is 15.2. The Hall–Kier alpha value is -1.59. The summed E-state index contributed by atoms with van der Waals surface area (Å²) in [5.41, 5.74) is 1.41. The minimum absolute atomic E-state index is 0.498. The Bertz CT molecular complexity index is 609. The number of nitrogens with zero attached hydrogens (tertiary/aromatic N) is 3. The molecule has 5 nitrogen and oxygen atoms in total. The Morgan fingerprint density at radius 3 is 2.57 bits per heavy atom. The number of hydrogen-bond acceptors (Lipinski definition) is 3. The first-order valence-corrected chi connectivity index (χ1v) is 11.1. The number of benzene rings is 1. The molecule has 1 aromatic rings. The topological polar surface area (TPSA) is 42.9 Å². The number of piperidine rings is 1. The van der Waals surface area contributed by atoms with Gasteiger partial charge in [0.15, 0.2) is 5.96 Å². The summed E-state index contributed by atoms with van der Waals surface area (Å²) in [6.45, 7) is 11.2. The minimum Gasteiger partial charge on any atom is -0.355 e. The molecular formula is C23H39N5. The van der Waals surface area contributed by atoms with Crippen LogP contribution in [0.15, 0.2) is 35.3 Å². The van der Waals surface area contributed by atoms with E-state index in [1.165, 1.54) is 18.4 Å². The van der Waals surface area contributed by atoms with Crippen molar-refractivity contribution in [1.82, 2.24) is 20.4 Å². The van der Waals surface area contributed by atoms with Crippen molar-refractivity contribution in [3.05, 3.63) is 35.9 Å². The quantitative estimate of drug-likeness (QED) is 0.533. The third-order valence-corrected chi connectivity index (χ3v) is 6.15. The second kappa shape index (κ2) is 10.3. The van der Waals surface area contributed by atoms with Gasteiger partial charge in [-0.15, -0.1) is 0 Å². The number of hydrogen-bond donors (Lipinski definition) is 2. The molecule has 2 atom stereocenters. The lowest BCUT2D eigenvalue weighted by Gasteiger charge is -2.38. The van der Waals surface area contributed by atoms with Gasteiger partial charge in [-0.2, -0.15) is 0 Å². The van der Waals surface area contributed by atoms with Crippen molar-refractivity contribution in [2.75, 3.05) is 26.7 Å². The van der Waals surface area contributed by atoms with Gasteiger partial charge >= 0.3 is 0 Å². The molecule has 1 saturated carbocycles. The largest absolute Gasteiger partial charge is 0.355 e. The maximum absolute atomic E-state index is 4.46. The van der Waals surface area contributed by atoms with E-state index in [2.05, 4.69) is 76.5 Å². The number of nitrogens with one attached hydrogen (secondary N) is 2. The summed E-state index contributed by atoms with van der Waals surface area (Å²) in [4.78, 5) is 9.67. The summed E-state index contributed by atoms with van der Waals surface area (Å²) in [7, 11) is 1.88. The van der Waals surface area contributed by atoms with Crippen LogP contribution in [-0.2, 0) is 6.54 Å². The Labute approximate surface area is 171 Å². The maximum Gasteiger partial charge on any atom is 0.191 e. The molecule has 0 bridgehead atoms. The predicted octanol–water partition coefficient (Wildman–Crippen LogP) is 3.08. The molecule has 2 N–H and O–H groups in total. The van der Waals surface area contributed by atoms with Crippen molar-refractivity contribution in [3.8, 4) is 0 Å². The molecule has 5 heteroatoms. The monoisotopic (exact) mass is 385 g/mol. The van der Waals surface area contributed by atoms with E-state index in [0.29, 0.717) is 18.1 Å². The van der Waals surface area contributed by atoms with E-state index in [4.69, 9.17) is 0 Å². The van der Waals surface area contributed by atoms with Gasteiger partial charge in [-0.25, -0.2) is 0 Å². The fourth-order valence-electron chi connectivity index (χ4n) is 4.36. The number of aliphatic imine (C=N–C) groups is 1. The molecular weight excluding hydrogens is 346 g/mol. The number of guanidine groups is 1. The molecule has 0 amide bonds. The lowest BCUT2D eigenvalue weighted by Crippen LogP contribution is -2.52. The fourth-order valence-corrected chi connectivity index (χ4v) is 4.36. The average Bonchev–Trinajstić information content (AvgIpc) is 3.52. The first kappa shape index (κ1) is 21.1. The molecule has 1 aromatic carbocycles. The van der Waals surface area contributed by atoms with E-state index in [0.717, 1.165) is 51.0 Å². The third-order valence-electron chi connectivity index (χ3n) is 6.15. The van der Waals surface area contributed by atoms with Gasteiger partial charge in [-0.1, -0.05) is 30.3 Å². The van der Waals surface area contributed by atoms with Gasteiger partial charge in [-0.05, 0) is 52.0 Å². The Kier molecular flexibility index (Phi) is 7.74. The average molecular weight is 386 g/mol. The van der Waals surface area contributed by atoms with Gasteiger partial charge in [0.2, 0.25) is 0 Å². The zero-order valence-corrected chi connectivity index (χ0v) is 18.2. The molecule has 0 spiro atoms. The van der Waals surface area contributed by atoms with E-state index in [1.54, 1.807) is 0 Å². The van der Waals surface area contributed by atoms with E-state index in [1.807, 2.05) is 7.05 Å². The van der Waals surface area contributed by atoms with Crippen LogP contribution in [0.2, 0.25) is 0 Å². The van der Waals surface area contributed by atoms with Crippen molar-refractivity contribution < 1.29 is 0 Å². The van der Waals surface area contributed by atoms with Crippen molar-refractivity contribution in [2.45, 2.75) is 77.2 Å². The van der Waals surface area contributed by atoms with E-state index < -0.39 is 0 Å². The molecule has 2 aliphatic rings. The first-order chi connectivity index (χ1) is 13.6. The molecule has 1 aliphatic carbocycles. The van der Waals surface area contributed by atoms with Gasteiger partial charge < -0.3 is 10.6 Å². The van der Waals surface area contributed by atoms with E-state index in [-0.39, 0.29) is 0 Å². The summed E-state index contributed by atoms with van der Waals surface area (Å²) in [5.74, 6) is 0.952. The standard InChI is InChI=1S/C23H39N5/c1-18(2)28(22-10-11-22)15-13-25-23(24-4)26-21-12-14-27(19(3)16-21)17-20-8-6-5-7-9-20/h5-9,18-19,21-22H,10-17H2,1-4H3,(H2,24,25,26). The van der Waals surface area contributed by atoms with Gasteiger partial charge in [0.25, 0.3) is 0 Å². The number of rotatable bonds is 8. The Morgan fingerprint density at radius 1 is 1.21 bits per heavy atom. The van der Waals surface area contributed by atoms with Crippen molar-refractivity contribution in [1.29, 1.82) is 0 Å². The van der Waals surface area contributed by atoms with E-state index >= 15 is 0 Å². The van der Waals surface area contributed by atoms with Crippen molar-refractivity contribution >= 4 is 5.96 Å². The zero-order valence-electron chi connectivity index (χ0n) is 18.2. The van der Waals surface area contributed by atoms with Gasteiger partial charge in [0.05, 0.1) is 0 Å². The summed E-state index contributed by atoms with van der Waals surface area (Å²) in [6.07, 6.45) is 5.06. The molecule has 2 unspecified atom stereocenters. The molecule has 1 saturated heterocycles. The van der Waals surface area contributed by atoms with Crippen LogP contribution in [0.1, 0.15) is 52.0 Å². The maximum atomic E-state index is 4.46. The van der Waals surface area contributed by atoms with Crippen LogP contribution in [0.3, 0.4) is 0 Å². The summed E-state index contributed by atoms with van der Waals surface area (Å²) in [6, 6.07) is 13.3. The molecule has 2 fully saturated rings. The fraction of sp³-hybridized carbons (Fsp3) is 0.696. The normalized spacial score (nSPS) is 24.0. The molecule has 0 aromatic heterocycles. The van der Waals surface area contributed by atoms with Gasteiger partial charge in [0.1, 0.15) is 0 Å². The molecule has 1 heterocycles. The van der Waals surface area contributed by atoms with Crippen LogP contribution >= 0.6 is 0 Å². The lowest BCUT2D eigenvalue weighted by atomic mass is 9.97. The molecule has 3 rings (SSSR count). The van der Waals surface area contributed by atoms with Crippen LogP contribution in [0.25, 0.3) is 0 Å². The predicted molar refractivity (Wildman–Crippen MR) is 119 cm³/mol. The molecule has 156 valence electrons. The van der Waals surface area contributed by atoms with Crippen LogP contribution in [-0.4, -0.2) is 66.6 Å². The Morgan fingerprint density at radius 2 is 1.96 bits per heavy atom. The summed E-state index contributed by atoms with van der Waals surface area (Å²) in [5, 5.41) is 7.20. The summed E-state index contributed by atoms with van der Waals surface area (Å²) >= 11 is 0. The second-order valence-corrected chi connectivity index (χ2v) is 8.73. The lowest BCUT2D eigenvalue weighted by molar-refractivity contribution is 0.134. The van der Waals surface area contributed by atoms with Gasteiger partial charge in [-0.3, -0.25) is 14.8 Å². The van der Waals surface area contributed by atoms with Crippen molar-refractivity contribution in [3.63, 3.8) is 0 Å². The first-order valence-electron chi connectivity index (χ1n) is 11.1. The van der Waals surface area contributed by atoms with Crippen LogP contribution in [0.4, 0.5) is 0 Å². The highest BCUT2D eigenvalue weighted by Gasteiger charge is 2.30. The zero-order chi connectivity index (χ0) is 19.9. The molecule has 1 aliphatic heterocycles. The third kappa shape index (κ3) is 6.21. The minimum atomic E-state index is 0.498. The number of likely N-dealkylation sites (tertiary alicyclic amines) is 1. The second-order valence-electron chi connectivity index (χ2n) is 8.73. The summed E-state index contributed by atoms with van der Waals surface area (Å²) < 4.78 is 0. The van der Waals surface area contributed by atoms with Crippen molar-refractivity contribution in [2.24, 2.45) is 4.99 Å². The van der Waals surface area contributed by atoms with Crippen LogP contribution in [0, 0.1) is 0 Å². The molecule has 28 heavy (non-hydrogen) atoms. The van der Waals surface area contributed by atoms with E-state index in [9.17, 15) is 0 Å². The highest BCUT2D eigenvalue weighted by Crippen LogP contribution is 2.28. The SMILES string of the molecule is CN=C(NCCN(C(C)C)C1CC1)NC1CCN(Cc2ccccc2)C(C)C1. The molecule has 0 radical (unpaired) electrons. The smallest absolute Gasteiger partial charge is 0.191 e. The van der Waals surface area contributed by atoms with Crippen LogP contribution in [0.5, 0.6) is 0 Å². The van der Waals surface area contributed by atoms with Gasteiger partial charge in [0, 0.05) is 57.4 Å². The highest BCUT2D eigenvalue weighted by molar-refractivity contribution is 5.79. The Balaban J connectivity index is 1.40. The van der Waals surface area contributed by atoms with Crippen LogP contribution < -0.4 is 10.6 Å².